The Balaban J connectivity index is 2.44. The van der Waals surface area contributed by atoms with Crippen LogP contribution in [-0.4, -0.2) is 8.42 Å². The Morgan fingerprint density at radius 1 is 1.15 bits per heavy atom. The van der Waals surface area contributed by atoms with Gasteiger partial charge in [-0.2, -0.15) is 0 Å². The average Bonchev–Trinajstić information content (AvgIpc) is 2.43. The van der Waals surface area contributed by atoms with Gasteiger partial charge in [0.05, 0.1) is 10.6 Å². The van der Waals surface area contributed by atoms with Crippen LogP contribution < -0.4 is 10.5 Å². The Labute approximate surface area is 123 Å². The molecule has 2 aromatic carbocycles. The quantitative estimate of drug-likeness (QED) is 0.912. The van der Waals surface area contributed by atoms with Gasteiger partial charge in [0, 0.05) is 11.6 Å². The van der Waals surface area contributed by atoms with Gasteiger partial charge >= 0.3 is 0 Å². The minimum atomic E-state index is -3.68. The van der Waals surface area contributed by atoms with Gasteiger partial charge < -0.3 is 5.73 Å². The van der Waals surface area contributed by atoms with Gasteiger partial charge in [0.15, 0.2) is 0 Å². The van der Waals surface area contributed by atoms with E-state index in [0.29, 0.717) is 21.8 Å². The summed E-state index contributed by atoms with van der Waals surface area (Å²) in [5.41, 5.74) is 7.30. The topological polar surface area (TPSA) is 72.2 Å². The molecule has 0 saturated heterocycles. The van der Waals surface area contributed by atoms with Gasteiger partial charge in [-0.15, -0.1) is 0 Å². The van der Waals surface area contributed by atoms with E-state index >= 15 is 0 Å². The number of nitrogens with two attached hydrogens (primary N) is 1. The van der Waals surface area contributed by atoms with E-state index in [2.05, 4.69) is 4.72 Å². The lowest BCUT2D eigenvalue weighted by Crippen LogP contribution is -2.16. The molecule has 4 nitrogen and oxygen atoms in total. The minimum absolute atomic E-state index is 0.158. The summed E-state index contributed by atoms with van der Waals surface area (Å²) in [5, 5.41) is 0.511. The van der Waals surface area contributed by atoms with Crippen LogP contribution in [0, 0.1) is 6.92 Å². The zero-order valence-electron chi connectivity index (χ0n) is 10.9. The van der Waals surface area contributed by atoms with Crippen LogP contribution in [0.1, 0.15) is 11.1 Å². The normalized spacial score (nSPS) is 11.3. The third-order valence-corrected chi connectivity index (χ3v) is 4.87. The standard InChI is InChI=1S/C14H15ClN2O2S/c1-10-12(15)6-4-7-13(10)17-20(18,19)14-8-3-2-5-11(14)9-16/h2-8,17H,9,16H2,1H3. The lowest BCUT2D eigenvalue weighted by Gasteiger charge is -2.13. The van der Waals surface area contributed by atoms with E-state index in [1.54, 1.807) is 43.3 Å². The van der Waals surface area contributed by atoms with Gasteiger partial charge in [-0.25, -0.2) is 8.42 Å². The molecule has 106 valence electrons. The van der Waals surface area contributed by atoms with Crippen LogP contribution >= 0.6 is 11.6 Å². The highest BCUT2D eigenvalue weighted by Gasteiger charge is 2.18. The van der Waals surface area contributed by atoms with Crippen LogP contribution in [0.3, 0.4) is 0 Å². The average molecular weight is 311 g/mol. The molecule has 2 rings (SSSR count). The van der Waals surface area contributed by atoms with Gasteiger partial charge in [0.2, 0.25) is 0 Å². The van der Waals surface area contributed by atoms with Gasteiger partial charge in [0.1, 0.15) is 0 Å². The molecule has 0 spiro atoms. The summed E-state index contributed by atoms with van der Waals surface area (Å²) in [7, 11) is -3.68. The molecule has 2 aromatic rings. The highest BCUT2D eigenvalue weighted by molar-refractivity contribution is 7.92. The summed E-state index contributed by atoms with van der Waals surface area (Å²) >= 11 is 5.99. The maximum absolute atomic E-state index is 12.4. The van der Waals surface area contributed by atoms with Crippen LogP contribution in [0.15, 0.2) is 47.4 Å². The molecule has 20 heavy (non-hydrogen) atoms. The van der Waals surface area contributed by atoms with Gasteiger partial charge in [-0.3, -0.25) is 4.72 Å². The molecule has 0 aromatic heterocycles. The number of rotatable bonds is 4. The molecule has 0 aliphatic carbocycles. The van der Waals surface area contributed by atoms with E-state index in [1.807, 2.05) is 0 Å². The third-order valence-electron chi connectivity index (χ3n) is 2.99. The highest BCUT2D eigenvalue weighted by Crippen LogP contribution is 2.26. The van der Waals surface area contributed by atoms with Crippen molar-refractivity contribution < 1.29 is 8.42 Å². The summed E-state index contributed by atoms with van der Waals surface area (Å²) in [4.78, 5) is 0.182. The molecule has 6 heteroatoms. The number of hydrogen-bond donors (Lipinski definition) is 2. The second kappa shape index (κ2) is 5.83. The van der Waals surface area contributed by atoms with Crippen molar-refractivity contribution in [3.63, 3.8) is 0 Å². The Kier molecular flexibility index (Phi) is 4.32. The fourth-order valence-electron chi connectivity index (χ4n) is 1.85. The maximum Gasteiger partial charge on any atom is 0.262 e. The highest BCUT2D eigenvalue weighted by atomic mass is 35.5. The SMILES string of the molecule is Cc1c(Cl)cccc1NS(=O)(=O)c1ccccc1CN. The van der Waals surface area contributed by atoms with Crippen molar-refractivity contribution in [2.75, 3.05) is 4.72 Å². The van der Waals surface area contributed by atoms with E-state index in [0.717, 1.165) is 0 Å². The first-order valence-electron chi connectivity index (χ1n) is 6.01. The maximum atomic E-state index is 12.4. The van der Waals surface area contributed by atoms with Crippen molar-refractivity contribution in [2.45, 2.75) is 18.4 Å². The Hall–Kier alpha value is -1.56. The number of nitrogens with one attached hydrogen (secondary N) is 1. The zero-order valence-corrected chi connectivity index (χ0v) is 12.5. The van der Waals surface area contributed by atoms with Crippen molar-refractivity contribution in [1.82, 2.24) is 0 Å². The number of halogens is 1. The molecular formula is C14H15ClN2O2S. The smallest absolute Gasteiger partial charge is 0.262 e. The number of anilines is 1. The van der Waals surface area contributed by atoms with Crippen LogP contribution in [-0.2, 0) is 16.6 Å². The molecule has 0 aliphatic heterocycles. The summed E-state index contributed by atoms with van der Waals surface area (Å²) in [6, 6.07) is 11.7. The minimum Gasteiger partial charge on any atom is -0.326 e. The third kappa shape index (κ3) is 2.95. The van der Waals surface area contributed by atoms with Crippen molar-refractivity contribution in [1.29, 1.82) is 0 Å². The number of sulfonamides is 1. The molecule has 0 bridgehead atoms. The van der Waals surface area contributed by atoms with E-state index in [1.165, 1.54) is 6.07 Å². The monoisotopic (exact) mass is 310 g/mol. The van der Waals surface area contributed by atoms with Crippen LogP contribution in [0.2, 0.25) is 5.02 Å². The molecule has 0 saturated carbocycles. The van der Waals surface area contributed by atoms with Crippen LogP contribution in [0.4, 0.5) is 5.69 Å². The fourth-order valence-corrected chi connectivity index (χ4v) is 3.40. The number of hydrogen-bond acceptors (Lipinski definition) is 3. The van der Waals surface area contributed by atoms with E-state index < -0.39 is 10.0 Å². The molecular weight excluding hydrogens is 296 g/mol. The lowest BCUT2D eigenvalue weighted by atomic mass is 10.2. The number of benzene rings is 2. The first kappa shape index (κ1) is 14.8. The van der Waals surface area contributed by atoms with Crippen molar-refractivity contribution in [2.24, 2.45) is 5.73 Å². The molecule has 0 radical (unpaired) electrons. The molecule has 0 unspecified atom stereocenters. The molecule has 0 amide bonds. The Bertz CT molecular complexity index is 730. The molecule has 0 fully saturated rings. The first-order chi connectivity index (χ1) is 9.45. The summed E-state index contributed by atoms with van der Waals surface area (Å²) < 4.78 is 27.4. The van der Waals surface area contributed by atoms with E-state index in [4.69, 9.17) is 17.3 Å². The van der Waals surface area contributed by atoms with E-state index in [9.17, 15) is 8.42 Å². The molecule has 0 aliphatic rings. The predicted octanol–water partition coefficient (Wildman–Crippen LogP) is 2.91. The van der Waals surface area contributed by atoms with Crippen LogP contribution in [0.25, 0.3) is 0 Å². The van der Waals surface area contributed by atoms with Gasteiger partial charge in [-0.1, -0.05) is 35.9 Å². The Morgan fingerprint density at radius 2 is 1.85 bits per heavy atom. The lowest BCUT2D eigenvalue weighted by molar-refractivity contribution is 0.600. The summed E-state index contributed by atoms with van der Waals surface area (Å²) in [6.07, 6.45) is 0. The molecule has 0 atom stereocenters. The van der Waals surface area contributed by atoms with Gasteiger partial charge in [-0.05, 0) is 36.2 Å². The fraction of sp³-hybridized carbons (Fsp3) is 0.143. The van der Waals surface area contributed by atoms with E-state index in [-0.39, 0.29) is 11.4 Å². The molecule has 3 N–H and O–H groups in total. The largest absolute Gasteiger partial charge is 0.326 e. The van der Waals surface area contributed by atoms with Crippen molar-refractivity contribution >= 4 is 27.3 Å². The second-order valence-electron chi connectivity index (χ2n) is 4.33. The summed E-state index contributed by atoms with van der Waals surface area (Å²) in [6.45, 7) is 1.92. The summed E-state index contributed by atoms with van der Waals surface area (Å²) in [5.74, 6) is 0. The Morgan fingerprint density at radius 3 is 2.55 bits per heavy atom. The van der Waals surface area contributed by atoms with Crippen LogP contribution in [0.5, 0.6) is 0 Å². The predicted molar refractivity (Wildman–Crippen MR) is 81.3 cm³/mol. The van der Waals surface area contributed by atoms with Crippen molar-refractivity contribution in [3.8, 4) is 0 Å². The molecule has 0 heterocycles. The second-order valence-corrected chi connectivity index (χ2v) is 6.39. The zero-order chi connectivity index (χ0) is 14.8. The van der Waals surface area contributed by atoms with Crippen molar-refractivity contribution in [3.05, 3.63) is 58.6 Å². The first-order valence-corrected chi connectivity index (χ1v) is 7.87. The van der Waals surface area contributed by atoms with Gasteiger partial charge in [0.25, 0.3) is 10.0 Å².